The highest BCUT2D eigenvalue weighted by Gasteiger charge is 2.19. The van der Waals surface area contributed by atoms with Gasteiger partial charge in [-0.05, 0) is 42.5 Å². The van der Waals surface area contributed by atoms with Gasteiger partial charge >= 0.3 is 0 Å². The van der Waals surface area contributed by atoms with Crippen LogP contribution in [0, 0.1) is 6.92 Å². The van der Waals surface area contributed by atoms with Crippen LogP contribution >= 0.6 is 11.3 Å². The molecule has 0 aliphatic rings. The smallest absolute Gasteiger partial charge is 0.268 e. The van der Waals surface area contributed by atoms with E-state index < -0.39 is 0 Å². The number of benzene rings is 2. The van der Waals surface area contributed by atoms with Crippen LogP contribution in [0.5, 0.6) is 0 Å². The standard InChI is InChI=1S/C23H22N2OS/c1-16-8-10-18(11-9-16)15-25-21(14-20-12-13-27-23(20)25)22(26)24-17(2)19-6-4-3-5-7-19/h3-14,17H,15H2,1-2H3,(H,24,26). The number of hydrogen-bond donors (Lipinski definition) is 1. The zero-order chi connectivity index (χ0) is 18.8. The molecule has 1 unspecified atom stereocenters. The first kappa shape index (κ1) is 17.6. The molecule has 2 aromatic heterocycles. The maximum absolute atomic E-state index is 13.0. The largest absolute Gasteiger partial charge is 0.344 e. The van der Waals surface area contributed by atoms with Crippen LogP contribution in [0.1, 0.15) is 40.1 Å². The van der Waals surface area contributed by atoms with Crippen molar-refractivity contribution in [3.8, 4) is 0 Å². The Morgan fingerprint density at radius 2 is 1.81 bits per heavy atom. The number of thiophene rings is 1. The fourth-order valence-corrected chi connectivity index (χ4v) is 4.19. The van der Waals surface area contributed by atoms with E-state index >= 15 is 0 Å². The number of nitrogens with zero attached hydrogens (tertiary/aromatic N) is 1. The summed E-state index contributed by atoms with van der Waals surface area (Å²) in [6.45, 7) is 4.79. The molecule has 0 saturated heterocycles. The van der Waals surface area contributed by atoms with Gasteiger partial charge in [0, 0.05) is 11.9 Å². The van der Waals surface area contributed by atoms with E-state index in [-0.39, 0.29) is 11.9 Å². The van der Waals surface area contributed by atoms with Crippen molar-refractivity contribution in [2.45, 2.75) is 26.4 Å². The zero-order valence-electron chi connectivity index (χ0n) is 15.5. The SMILES string of the molecule is Cc1ccc(Cn2c(C(=O)NC(C)c3ccccc3)cc3ccsc32)cc1. The maximum atomic E-state index is 13.0. The first-order valence-electron chi connectivity index (χ1n) is 9.10. The van der Waals surface area contributed by atoms with Crippen LogP contribution in [-0.2, 0) is 6.54 Å². The molecule has 4 aromatic rings. The van der Waals surface area contributed by atoms with Crippen LogP contribution in [0.3, 0.4) is 0 Å². The number of carbonyl (C=O) groups excluding carboxylic acids is 1. The summed E-state index contributed by atoms with van der Waals surface area (Å²) >= 11 is 1.67. The summed E-state index contributed by atoms with van der Waals surface area (Å²) in [7, 11) is 0. The lowest BCUT2D eigenvalue weighted by Crippen LogP contribution is -2.28. The van der Waals surface area contributed by atoms with Crippen LogP contribution in [0.25, 0.3) is 10.2 Å². The number of hydrogen-bond acceptors (Lipinski definition) is 2. The second-order valence-electron chi connectivity index (χ2n) is 6.89. The van der Waals surface area contributed by atoms with E-state index in [2.05, 4.69) is 52.5 Å². The summed E-state index contributed by atoms with van der Waals surface area (Å²) in [5.41, 5.74) is 4.24. The van der Waals surface area contributed by atoms with Crippen molar-refractivity contribution in [3.63, 3.8) is 0 Å². The van der Waals surface area contributed by atoms with Crippen molar-refractivity contribution in [1.29, 1.82) is 0 Å². The number of nitrogens with one attached hydrogen (secondary N) is 1. The normalized spacial score (nSPS) is 12.2. The van der Waals surface area contributed by atoms with Gasteiger partial charge in [0.1, 0.15) is 10.5 Å². The Hall–Kier alpha value is -2.85. The zero-order valence-corrected chi connectivity index (χ0v) is 16.3. The molecule has 0 aliphatic carbocycles. The average Bonchev–Trinajstić information content (AvgIpc) is 3.27. The van der Waals surface area contributed by atoms with Gasteiger partial charge in [0.05, 0.1) is 6.04 Å². The number of fused-ring (bicyclic) bond motifs is 1. The van der Waals surface area contributed by atoms with Gasteiger partial charge in [-0.2, -0.15) is 0 Å². The Kier molecular flexibility index (Phi) is 4.82. The average molecular weight is 375 g/mol. The Bertz CT molecular complexity index is 1060. The number of aryl methyl sites for hydroxylation is 1. The monoisotopic (exact) mass is 374 g/mol. The van der Waals surface area contributed by atoms with E-state index in [0.717, 1.165) is 15.8 Å². The number of amides is 1. The lowest BCUT2D eigenvalue weighted by Gasteiger charge is -2.16. The van der Waals surface area contributed by atoms with Gasteiger partial charge in [0.2, 0.25) is 0 Å². The van der Waals surface area contributed by atoms with Gasteiger partial charge in [-0.3, -0.25) is 4.79 Å². The Labute approximate surface area is 163 Å². The molecule has 4 heteroatoms. The van der Waals surface area contributed by atoms with E-state index in [1.54, 1.807) is 11.3 Å². The molecule has 27 heavy (non-hydrogen) atoms. The highest BCUT2D eigenvalue weighted by molar-refractivity contribution is 7.16. The molecule has 136 valence electrons. The Balaban J connectivity index is 1.63. The molecule has 1 N–H and O–H groups in total. The Morgan fingerprint density at radius 3 is 2.56 bits per heavy atom. The van der Waals surface area contributed by atoms with Crippen LogP contribution in [0.2, 0.25) is 0 Å². The Morgan fingerprint density at radius 1 is 1.07 bits per heavy atom. The van der Waals surface area contributed by atoms with Gasteiger partial charge in [-0.15, -0.1) is 11.3 Å². The molecule has 0 saturated carbocycles. The molecule has 1 atom stereocenters. The molecule has 0 fully saturated rings. The van der Waals surface area contributed by atoms with Gasteiger partial charge in [0.25, 0.3) is 5.91 Å². The summed E-state index contributed by atoms with van der Waals surface area (Å²) in [5, 5.41) is 6.33. The van der Waals surface area contributed by atoms with E-state index in [1.165, 1.54) is 11.1 Å². The predicted octanol–water partition coefficient (Wildman–Crippen LogP) is 5.55. The summed E-state index contributed by atoms with van der Waals surface area (Å²) in [5.74, 6) is -0.0399. The first-order chi connectivity index (χ1) is 13.1. The van der Waals surface area contributed by atoms with E-state index in [1.807, 2.05) is 43.3 Å². The third-order valence-electron chi connectivity index (χ3n) is 4.84. The highest BCUT2D eigenvalue weighted by Crippen LogP contribution is 2.27. The van der Waals surface area contributed by atoms with Crippen LogP contribution in [-0.4, -0.2) is 10.5 Å². The van der Waals surface area contributed by atoms with Crippen molar-refractivity contribution in [1.82, 2.24) is 9.88 Å². The fraction of sp³-hybridized carbons (Fsp3) is 0.174. The molecule has 2 aromatic carbocycles. The fourth-order valence-electron chi connectivity index (χ4n) is 3.29. The van der Waals surface area contributed by atoms with Crippen molar-refractivity contribution in [2.24, 2.45) is 0 Å². The van der Waals surface area contributed by atoms with E-state index in [9.17, 15) is 4.79 Å². The van der Waals surface area contributed by atoms with Crippen molar-refractivity contribution in [2.75, 3.05) is 0 Å². The van der Waals surface area contributed by atoms with E-state index in [4.69, 9.17) is 0 Å². The molecule has 0 bridgehead atoms. The minimum atomic E-state index is -0.0422. The summed E-state index contributed by atoms with van der Waals surface area (Å²) in [6.07, 6.45) is 0. The lowest BCUT2D eigenvalue weighted by atomic mass is 10.1. The van der Waals surface area contributed by atoms with Crippen molar-refractivity contribution < 1.29 is 4.79 Å². The summed E-state index contributed by atoms with van der Waals surface area (Å²) in [6, 6.07) is 22.6. The minimum absolute atomic E-state index is 0.0399. The van der Waals surface area contributed by atoms with Crippen LogP contribution in [0.15, 0.2) is 72.1 Å². The predicted molar refractivity (Wildman–Crippen MR) is 112 cm³/mol. The van der Waals surface area contributed by atoms with Gasteiger partial charge < -0.3 is 9.88 Å². The molecule has 0 aliphatic heterocycles. The van der Waals surface area contributed by atoms with Gasteiger partial charge in [-0.25, -0.2) is 0 Å². The molecule has 0 spiro atoms. The third-order valence-corrected chi connectivity index (χ3v) is 5.80. The van der Waals surface area contributed by atoms with Gasteiger partial charge in [0.15, 0.2) is 0 Å². The number of carbonyl (C=O) groups is 1. The topological polar surface area (TPSA) is 34.0 Å². The maximum Gasteiger partial charge on any atom is 0.268 e. The van der Waals surface area contributed by atoms with Crippen molar-refractivity contribution in [3.05, 3.63) is 94.5 Å². The second kappa shape index (κ2) is 7.41. The molecule has 4 rings (SSSR count). The molecular formula is C23H22N2OS. The number of aromatic nitrogens is 1. The molecule has 3 nitrogen and oxygen atoms in total. The third kappa shape index (κ3) is 3.67. The summed E-state index contributed by atoms with van der Waals surface area (Å²) in [4.78, 5) is 14.2. The highest BCUT2D eigenvalue weighted by atomic mass is 32.1. The van der Waals surface area contributed by atoms with Crippen LogP contribution < -0.4 is 5.32 Å². The van der Waals surface area contributed by atoms with Crippen molar-refractivity contribution >= 4 is 27.5 Å². The molecule has 1 amide bonds. The first-order valence-corrected chi connectivity index (χ1v) is 9.98. The molecular weight excluding hydrogens is 352 g/mol. The number of rotatable bonds is 5. The molecule has 0 radical (unpaired) electrons. The summed E-state index contributed by atoms with van der Waals surface area (Å²) < 4.78 is 2.12. The quantitative estimate of drug-likeness (QED) is 0.488. The molecule has 2 heterocycles. The van der Waals surface area contributed by atoms with E-state index in [0.29, 0.717) is 12.2 Å². The second-order valence-corrected chi connectivity index (χ2v) is 7.78. The lowest BCUT2D eigenvalue weighted by molar-refractivity contribution is 0.0931. The minimum Gasteiger partial charge on any atom is -0.344 e. The van der Waals surface area contributed by atoms with Gasteiger partial charge in [-0.1, -0.05) is 60.2 Å². The van der Waals surface area contributed by atoms with Crippen LogP contribution in [0.4, 0.5) is 0 Å².